The molecule has 0 fully saturated rings. The third kappa shape index (κ3) is 4.12. The molecule has 0 bridgehead atoms. The highest BCUT2D eigenvalue weighted by atomic mass is 32.2. The summed E-state index contributed by atoms with van der Waals surface area (Å²) in [6.07, 6.45) is 2.23. The van der Waals surface area contributed by atoms with Crippen molar-refractivity contribution in [1.29, 1.82) is 0 Å². The summed E-state index contributed by atoms with van der Waals surface area (Å²) in [5, 5.41) is 2.68. The van der Waals surface area contributed by atoms with E-state index in [4.69, 9.17) is 9.15 Å². The van der Waals surface area contributed by atoms with E-state index in [0.29, 0.717) is 24.5 Å². The molecule has 1 aliphatic rings. The molecular weight excluding hydrogens is 392 g/mol. The molecule has 3 aromatic rings. The Morgan fingerprint density at radius 2 is 1.86 bits per heavy atom. The number of fused-ring (bicyclic) bond motifs is 1. The number of carbonyl (C=O) groups excluding carboxylic acids is 1. The van der Waals surface area contributed by atoms with E-state index in [1.54, 1.807) is 24.3 Å². The summed E-state index contributed by atoms with van der Waals surface area (Å²) in [5.41, 5.74) is 1.75. The summed E-state index contributed by atoms with van der Waals surface area (Å²) < 4.78 is 38.0. The Morgan fingerprint density at radius 3 is 2.62 bits per heavy atom. The average molecular weight is 412 g/mol. The lowest BCUT2D eigenvalue weighted by molar-refractivity contribution is -0.123. The van der Waals surface area contributed by atoms with Crippen LogP contribution in [-0.4, -0.2) is 27.5 Å². The molecule has 0 radical (unpaired) electrons. The van der Waals surface area contributed by atoms with Crippen LogP contribution in [0.4, 0.5) is 5.69 Å². The third-order valence-corrected chi connectivity index (χ3v) is 6.49. The number of furan rings is 1. The van der Waals surface area contributed by atoms with Crippen molar-refractivity contribution in [1.82, 2.24) is 5.32 Å². The number of rotatable bonds is 7. The van der Waals surface area contributed by atoms with E-state index < -0.39 is 10.0 Å². The van der Waals surface area contributed by atoms with Crippen molar-refractivity contribution in [2.75, 3.05) is 17.5 Å². The number of carbonyl (C=O) groups is 1. The van der Waals surface area contributed by atoms with Gasteiger partial charge in [0.1, 0.15) is 11.5 Å². The summed E-state index contributed by atoms with van der Waals surface area (Å²) in [6, 6.07) is 17.1. The highest BCUT2D eigenvalue weighted by Gasteiger charge is 2.30. The second-order valence-electron chi connectivity index (χ2n) is 6.57. The van der Waals surface area contributed by atoms with Crippen molar-refractivity contribution in [2.24, 2.45) is 0 Å². The van der Waals surface area contributed by atoms with E-state index in [2.05, 4.69) is 5.32 Å². The number of nitrogens with zero attached hydrogens (tertiary/aromatic N) is 1. The van der Waals surface area contributed by atoms with Crippen LogP contribution in [0.25, 0.3) is 0 Å². The van der Waals surface area contributed by atoms with Crippen LogP contribution < -0.4 is 14.4 Å². The van der Waals surface area contributed by atoms with Gasteiger partial charge in [0.05, 0.1) is 23.4 Å². The van der Waals surface area contributed by atoms with Gasteiger partial charge >= 0.3 is 0 Å². The molecule has 0 saturated heterocycles. The Kier molecular flexibility index (Phi) is 5.26. The van der Waals surface area contributed by atoms with Gasteiger partial charge in [-0.05, 0) is 54.4 Å². The molecule has 0 spiro atoms. The van der Waals surface area contributed by atoms with Crippen LogP contribution in [-0.2, 0) is 27.8 Å². The fourth-order valence-electron chi connectivity index (χ4n) is 3.19. The maximum absolute atomic E-state index is 13.0. The molecule has 0 unspecified atom stereocenters. The van der Waals surface area contributed by atoms with E-state index >= 15 is 0 Å². The number of sulfonamides is 1. The highest BCUT2D eigenvalue weighted by Crippen LogP contribution is 2.32. The van der Waals surface area contributed by atoms with Gasteiger partial charge in [0, 0.05) is 6.54 Å². The van der Waals surface area contributed by atoms with Gasteiger partial charge in [0.2, 0.25) is 0 Å². The van der Waals surface area contributed by atoms with Crippen LogP contribution in [0.15, 0.2) is 76.2 Å². The fourth-order valence-corrected chi connectivity index (χ4v) is 4.69. The number of amides is 1. The average Bonchev–Trinajstić information content (AvgIpc) is 3.41. The van der Waals surface area contributed by atoms with Crippen molar-refractivity contribution in [2.45, 2.75) is 17.9 Å². The summed E-state index contributed by atoms with van der Waals surface area (Å²) in [5.74, 6) is 0.766. The largest absolute Gasteiger partial charge is 0.484 e. The van der Waals surface area contributed by atoms with Crippen molar-refractivity contribution in [3.63, 3.8) is 0 Å². The van der Waals surface area contributed by atoms with E-state index in [-0.39, 0.29) is 24.0 Å². The lowest BCUT2D eigenvalue weighted by Crippen LogP contribution is -2.29. The topological polar surface area (TPSA) is 88.9 Å². The van der Waals surface area contributed by atoms with Gasteiger partial charge in [-0.15, -0.1) is 0 Å². The van der Waals surface area contributed by atoms with Gasteiger partial charge in [0.25, 0.3) is 15.9 Å². The number of anilines is 1. The predicted molar refractivity (Wildman–Crippen MR) is 107 cm³/mol. The lowest BCUT2D eigenvalue weighted by atomic mass is 10.2. The van der Waals surface area contributed by atoms with Crippen LogP contribution in [0, 0.1) is 0 Å². The summed E-state index contributed by atoms with van der Waals surface area (Å²) in [7, 11) is -3.65. The van der Waals surface area contributed by atoms with Gasteiger partial charge in [-0.25, -0.2) is 8.42 Å². The smallest absolute Gasteiger partial charge is 0.264 e. The molecule has 1 amide bonds. The van der Waals surface area contributed by atoms with Crippen LogP contribution >= 0.6 is 0 Å². The normalized spacial score (nSPS) is 13.2. The second-order valence-corrected chi connectivity index (χ2v) is 8.43. The third-order valence-electron chi connectivity index (χ3n) is 4.67. The monoisotopic (exact) mass is 412 g/mol. The number of hydrogen-bond donors (Lipinski definition) is 1. The summed E-state index contributed by atoms with van der Waals surface area (Å²) in [6.45, 7) is 0.533. The van der Waals surface area contributed by atoms with Gasteiger partial charge in [-0.2, -0.15) is 0 Å². The minimum absolute atomic E-state index is 0.174. The minimum Gasteiger partial charge on any atom is -0.484 e. The van der Waals surface area contributed by atoms with Crippen LogP contribution in [0.5, 0.6) is 5.75 Å². The number of ether oxygens (including phenoxy) is 1. The van der Waals surface area contributed by atoms with E-state index in [0.717, 1.165) is 11.3 Å². The molecule has 2 heterocycles. The van der Waals surface area contributed by atoms with E-state index in [1.165, 1.54) is 22.7 Å². The Morgan fingerprint density at radius 1 is 1.07 bits per heavy atom. The quantitative estimate of drug-likeness (QED) is 0.645. The first-order chi connectivity index (χ1) is 14.0. The lowest BCUT2D eigenvalue weighted by Gasteiger charge is -2.19. The minimum atomic E-state index is -3.65. The first-order valence-corrected chi connectivity index (χ1v) is 10.6. The zero-order valence-electron chi connectivity index (χ0n) is 15.6. The number of hydrogen-bond acceptors (Lipinski definition) is 5. The van der Waals surface area contributed by atoms with Crippen LogP contribution in [0.3, 0.4) is 0 Å². The molecule has 0 saturated carbocycles. The molecule has 2 aromatic carbocycles. The van der Waals surface area contributed by atoms with Crippen LogP contribution in [0.2, 0.25) is 0 Å². The zero-order valence-corrected chi connectivity index (χ0v) is 16.4. The molecular formula is C21H20N2O5S. The first kappa shape index (κ1) is 19.1. The summed E-state index contributed by atoms with van der Waals surface area (Å²) >= 11 is 0. The Hall–Kier alpha value is -3.26. The molecule has 1 aliphatic heterocycles. The number of para-hydroxylation sites is 1. The number of nitrogens with one attached hydrogen (secondary N) is 1. The Labute approximate surface area is 169 Å². The van der Waals surface area contributed by atoms with E-state index in [9.17, 15) is 13.2 Å². The second kappa shape index (κ2) is 8.00. The molecule has 0 aliphatic carbocycles. The van der Waals surface area contributed by atoms with Gasteiger partial charge in [-0.1, -0.05) is 18.2 Å². The van der Waals surface area contributed by atoms with Crippen molar-refractivity contribution in [3.8, 4) is 5.75 Å². The standard InChI is InChI=1S/C21H20N2O5S/c24-21(22-14-18-5-3-13-27-18)15-28-17-7-9-19(10-8-17)29(25,26)23-12-11-16-4-1-2-6-20(16)23/h1-10,13H,11-12,14-15H2,(H,22,24). The molecule has 1 N–H and O–H groups in total. The van der Waals surface area contributed by atoms with Crippen LogP contribution in [0.1, 0.15) is 11.3 Å². The SMILES string of the molecule is O=C(COc1ccc(S(=O)(=O)N2CCc3ccccc32)cc1)NCc1ccco1. The molecule has 8 heteroatoms. The fraction of sp³-hybridized carbons (Fsp3) is 0.190. The molecule has 1 aromatic heterocycles. The highest BCUT2D eigenvalue weighted by molar-refractivity contribution is 7.92. The van der Waals surface area contributed by atoms with Gasteiger partial charge in [-0.3, -0.25) is 9.10 Å². The molecule has 7 nitrogen and oxygen atoms in total. The van der Waals surface area contributed by atoms with Gasteiger partial charge < -0.3 is 14.5 Å². The number of benzene rings is 2. The first-order valence-electron chi connectivity index (χ1n) is 9.16. The zero-order chi connectivity index (χ0) is 20.3. The van der Waals surface area contributed by atoms with Crippen molar-refractivity contribution in [3.05, 3.63) is 78.3 Å². The van der Waals surface area contributed by atoms with Gasteiger partial charge in [0.15, 0.2) is 6.61 Å². The van der Waals surface area contributed by atoms with E-state index in [1.807, 2.05) is 24.3 Å². The van der Waals surface area contributed by atoms with Crippen molar-refractivity contribution < 1.29 is 22.4 Å². The van der Waals surface area contributed by atoms with Crippen molar-refractivity contribution >= 4 is 21.6 Å². The Balaban J connectivity index is 1.37. The maximum atomic E-state index is 13.0. The molecule has 4 rings (SSSR count). The maximum Gasteiger partial charge on any atom is 0.264 e. The summed E-state index contributed by atoms with van der Waals surface area (Å²) in [4.78, 5) is 12.0. The molecule has 29 heavy (non-hydrogen) atoms. The molecule has 150 valence electrons. The Bertz CT molecular complexity index is 1090. The molecule has 0 atom stereocenters. The predicted octanol–water partition coefficient (Wildman–Crippen LogP) is 2.73.